The predicted octanol–water partition coefficient (Wildman–Crippen LogP) is 2.14. The second-order valence-electron chi connectivity index (χ2n) is 7.07. The number of nitrogens with one attached hydrogen (secondary N) is 2. The van der Waals surface area contributed by atoms with Crippen molar-refractivity contribution in [2.45, 2.75) is 50.3 Å². The summed E-state index contributed by atoms with van der Waals surface area (Å²) < 4.78 is 29.3. The van der Waals surface area contributed by atoms with Gasteiger partial charge in [0.1, 0.15) is 6.04 Å². The first-order valence-corrected chi connectivity index (χ1v) is 9.72. The number of amides is 1. The highest BCUT2D eigenvalue weighted by Crippen LogP contribution is 2.22. The van der Waals surface area contributed by atoms with Crippen molar-refractivity contribution in [1.29, 1.82) is 0 Å². The van der Waals surface area contributed by atoms with Gasteiger partial charge in [-0.1, -0.05) is 12.1 Å². The molecule has 0 saturated carbocycles. The average Bonchev–Trinajstić information content (AvgIpc) is 2.46. The van der Waals surface area contributed by atoms with Crippen LogP contribution in [0.25, 0.3) is 0 Å². The first kappa shape index (κ1) is 21.9. The quantitative estimate of drug-likeness (QED) is 0.822. The predicted molar refractivity (Wildman–Crippen MR) is 102 cm³/mol. The number of rotatable bonds is 4. The number of halogens is 1. The molecule has 2 rings (SSSR count). The Morgan fingerprint density at radius 1 is 1.36 bits per heavy atom. The van der Waals surface area contributed by atoms with Gasteiger partial charge in [-0.2, -0.15) is 0 Å². The maximum absolute atomic E-state index is 12.4. The smallest absolute Gasteiger partial charge is 0.244 e. The number of carbonyl (C=O) groups is 1. The molecule has 0 aromatic heterocycles. The molecule has 1 aromatic rings. The SMILES string of the molecule is C[C@H]1OCCN[C@@H]1C(=O)Nc1cccc(CS(=O)(=O)C(C)(C)C)c1.Cl. The lowest BCUT2D eigenvalue weighted by Gasteiger charge is -2.29. The van der Waals surface area contributed by atoms with Crippen LogP contribution in [0.15, 0.2) is 24.3 Å². The van der Waals surface area contributed by atoms with Crippen LogP contribution in [0.1, 0.15) is 33.3 Å². The summed E-state index contributed by atoms with van der Waals surface area (Å²) >= 11 is 0. The van der Waals surface area contributed by atoms with Gasteiger partial charge >= 0.3 is 0 Å². The van der Waals surface area contributed by atoms with Crippen LogP contribution in [-0.2, 0) is 25.1 Å². The highest BCUT2D eigenvalue weighted by atomic mass is 35.5. The number of hydrogen-bond donors (Lipinski definition) is 2. The molecular formula is C17H27ClN2O4S. The summed E-state index contributed by atoms with van der Waals surface area (Å²) in [5, 5.41) is 5.96. The molecule has 2 N–H and O–H groups in total. The lowest BCUT2D eigenvalue weighted by molar-refractivity contribution is -0.123. The van der Waals surface area contributed by atoms with E-state index in [1.54, 1.807) is 45.0 Å². The van der Waals surface area contributed by atoms with Crippen LogP contribution in [-0.4, -0.2) is 44.4 Å². The molecule has 0 bridgehead atoms. The van der Waals surface area contributed by atoms with E-state index in [1.165, 1.54) is 0 Å². The molecule has 1 heterocycles. The van der Waals surface area contributed by atoms with Gasteiger partial charge in [0.2, 0.25) is 5.91 Å². The molecular weight excluding hydrogens is 364 g/mol. The van der Waals surface area contributed by atoms with E-state index in [0.717, 1.165) is 0 Å². The zero-order chi connectivity index (χ0) is 18.0. The topological polar surface area (TPSA) is 84.5 Å². The first-order valence-electron chi connectivity index (χ1n) is 8.07. The van der Waals surface area contributed by atoms with E-state index in [2.05, 4.69) is 10.6 Å². The average molecular weight is 391 g/mol. The van der Waals surface area contributed by atoms with E-state index in [9.17, 15) is 13.2 Å². The summed E-state index contributed by atoms with van der Waals surface area (Å²) in [5.41, 5.74) is 1.24. The van der Waals surface area contributed by atoms with Crippen molar-refractivity contribution in [3.05, 3.63) is 29.8 Å². The first-order chi connectivity index (χ1) is 11.1. The van der Waals surface area contributed by atoms with Gasteiger partial charge in [0, 0.05) is 12.2 Å². The van der Waals surface area contributed by atoms with Gasteiger partial charge in [0.05, 0.1) is 23.2 Å². The van der Waals surface area contributed by atoms with Crippen LogP contribution in [0.5, 0.6) is 0 Å². The fourth-order valence-corrected chi connectivity index (χ4v) is 3.47. The lowest BCUT2D eigenvalue weighted by atomic mass is 10.1. The molecule has 25 heavy (non-hydrogen) atoms. The molecule has 1 aromatic carbocycles. The van der Waals surface area contributed by atoms with E-state index in [-0.39, 0.29) is 30.2 Å². The Hall–Kier alpha value is -1.15. The molecule has 1 aliphatic heterocycles. The van der Waals surface area contributed by atoms with Crippen LogP contribution in [0, 0.1) is 0 Å². The van der Waals surface area contributed by atoms with E-state index in [1.807, 2.05) is 6.92 Å². The molecule has 0 unspecified atom stereocenters. The Kier molecular flexibility index (Phi) is 7.43. The van der Waals surface area contributed by atoms with Gasteiger partial charge in [0.25, 0.3) is 0 Å². The van der Waals surface area contributed by atoms with Crippen molar-refractivity contribution in [1.82, 2.24) is 5.32 Å². The minimum absolute atomic E-state index is 0. The molecule has 1 saturated heterocycles. The van der Waals surface area contributed by atoms with Crippen LogP contribution in [0.4, 0.5) is 5.69 Å². The Morgan fingerprint density at radius 3 is 2.64 bits per heavy atom. The Labute approximate surface area is 156 Å². The van der Waals surface area contributed by atoms with Crippen molar-refractivity contribution >= 4 is 33.8 Å². The largest absolute Gasteiger partial charge is 0.375 e. The van der Waals surface area contributed by atoms with Gasteiger partial charge in [-0.15, -0.1) is 12.4 Å². The fourth-order valence-electron chi connectivity index (χ4n) is 2.42. The summed E-state index contributed by atoms with van der Waals surface area (Å²) in [6.07, 6.45) is -0.205. The molecule has 1 amide bonds. The summed E-state index contributed by atoms with van der Waals surface area (Å²) in [4.78, 5) is 12.4. The van der Waals surface area contributed by atoms with Gasteiger partial charge < -0.3 is 15.4 Å². The van der Waals surface area contributed by atoms with Crippen molar-refractivity contribution < 1.29 is 17.9 Å². The summed E-state index contributed by atoms with van der Waals surface area (Å²) in [5.74, 6) is -0.237. The van der Waals surface area contributed by atoms with Crippen molar-refractivity contribution in [3.8, 4) is 0 Å². The van der Waals surface area contributed by atoms with Gasteiger partial charge in [-0.25, -0.2) is 8.42 Å². The molecule has 0 radical (unpaired) electrons. The Balaban J connectivity index is 0.00000312. The van der Waals surface area contributed by atoms with Crippen LogP contribution >= 0.6 is 12.4 Å². The maximum Gasteiger partial charge on any atom is 0.244 e. The van der Waals surface area contributed by atoms with Crippen molar-refractivity contribution in [2.24, 2.45) is 0 Å². The van der Waals surface area contributed by atoms with Crippen molar-refractivity contribution in [2.75, 3.05) is 18.5 Å². The normalized spacial score (nSPS) is 21.3. The zero-order valence-corrected chi connectivity index (χ0v) is 16.7. The van der Waals surface area contributed by atoms with E-state index >= 15 is 0 Å². The van der Waals surface area contributed by atoms with E-state index in [0.29, 0.717) is 24.4 Å². The third-order valence-electron chi connectivity index (χ3n) is 4.08. The zero-order valence-electron chi connectivity index (χ0n) is 15.0. The third-order valence-corrected chi connectivity index (χ3v) is 6.66. The second-order valence-corrected chi connectivity index (χ2v) is 9.81. The van der Waals surface area contributed by atoms with Gasteiger partial charge in [0.15, 0.2) is 9.84 Å². The molecule has 1 fully saturated rings. The van der Waals surface area contributed by atoms with Gasteiger partial charge in [-0.05, 0) is 45.4 Å². The number of ether oxygens (including phenoxy) is 1. The molecule has 6 nitrogen and oxygen atoms in total. The number of anilines is 1. The fraction of sp³-hybridized carbons (Fsp3) is 0.588. The third kappa shape index (κ3) is 5.67. The highest BCUT2D eigenvalue weighted by molar-refractivity contribution is 7.91. The maximum atomic E-state index is 12.4. The van der Waals surface area contributed by atoms with E-state index in [4.69, 9.17) is 4.74 Å². The molecule has 0 aliphatic carbocycles. The highest BCUT2D eigenvalue weighted by Gasteiger charge is 2.30. The van der Waals surface area contributed by atoms with Crippen molar-refractivity contribution in [3.63, 3.8) is 0 Å². The minimum atomic E-state index is -3.27. The summed E-state index contributed by atoms with van der Waals surface area (Å²) in [6.45, 7) is 8.12. The number of carbonyl (C=O) groups excluding carboxylic acids is 1. The standard InChI is InChI=1S/C17H26N2O4S.ClH/c1-12-15(18-8-9-23-12)16(20)19-14-7-5-6-13(10-14)11-24(21,22)17(2,3)4;/h5-7,10,12,15,18H,8-9,11H2,1-4H3,(H,19,20);1H/t12-,15+;/m1./s1. The molecule has 2 atom stereocenters. The minimum Gasteiger partial charge on any atom is -0.375 e. The lowest BCUT2D eigenvalue weighted by Crippen LogP contribution is -2.53. The second kappa shape index (κ2) is 8.49. The molecule has 8 heteroatoms. The van der Waals surface area contributed by atoms with E-state index < -0.39 is 20.6 Å². The van der Waals surface area contributed by atoms with Crippen LogP contribution in [0.2, 0.25) is 0 Å². The number of morpholine rings is 1. The van der Waals surface area contributed by atoms with Crippen LogP contribution < -0.4 is 10.6 Å². The van der Waals surface area contributed by atoms with Gasteiger partial charge in [-0.3, -0.25) is 4.79 Å². The Bertz CT molecular complexity index is 701. The number of benzene rings is 1. The molecule has 142 valence electrons. The molecule has 0 spiro atoms. The number of sulfone groups is 1. The monoisotopic (exact) mass is 390 g/mol. The van der Waals surface area contributed by atoms with Crippen LogP contribution in [0.3, 0.4) is 0 Å². The summed E-state index contributed by atoms with van der Waals surface area (Å²) in [7, 11) is -3.27. The number of hydrogen-bond acceptors (Lipinski definition) is 5. The molecule has 1 aliphatic rings. The summed E-state index contributed by atoms with van der Waals surface area (Å²) in [6, 6.07) is 6.54. The Morgan fingerprint density at radius 2 is 2.04 bits per heavy atom.